The predicted octanol–water partition coefficient (Wildman–Crippen LogP) is 8.62. The molecular formula is C30H42F4N6O. The Morgan fingerprint density at radius 2 is 1.49 bits per heavy atom. The maximum Gasteiger partial charge on any atom is 0.417 e. The summed E-state index contributed by atoms with van der Waals surface area (Å²) >= 11 is 0. The third-order valence-corrected chi connectivity index (χ3v) is 4.94. The summed E-state index contributed by atoms with van der Waals surface area (Å²) in [5, 5.41) is 8.08. The van der Waals surface area contributed by atoms with Crippen molar-refractivity contribution < 1.29 is 22.3 Å². The minimum Gasteiger partial charge on any atom is -0.495 e. The van der Waals surface area contributed by atoms with Gasteiger partial charge in [0.05, 0.1) is 30.8 Å². The molecule has 1 aromatic carbocycles. The SMILES string of the molecule is CC.CC.CC.CCCc1ncc(F)cn1.COc1cccc(C)c1-n1c(C)nnc1-c1cncc(C(F)(F)F)c1. The van der Waals surface area contributed by atoms with Gasteiger partial charge in [0.25, 0.3) is 0 Å². The fraction of sp³-hybridized carbons (Fsp3) is 0.433. The molecule has 4 aromatic rings. The number of benzene rings is 1. The van der Waals surface area contributed by atoms with Gasteiger partial charge < -0.3 is 4.74 Å². The number of nitrogens with zero attached hydrogens (tertiary/aromatic N) is 6. The monoisotopic (exact) mass is 578 g/mol. The number of aryl methyl sites for hydroxylation is 3. The first-order valence-electron chi connectivity index (χ1n) is 13.7. The molecule has 226 valence electrons. The third-order valence-electron chi connectivity index (χ3n) is 4.94. The van der Waals surface area contributed by atoms with E-state index in [1.807, 2.05) is 67.5 Å². The van der Waals surface area contributed by atoms with Crippen molar-refractivity contribution in [3.05, 3.63) is 77.6 Å². The number of ether oxygens (including phenoxy) is 1. The van der Waals surface area contributed by atoms with Crippen LogP contribution in [0.5, 0.6) is 5.75 Å². The zero-order chi connectivity index (χ0) is 31.6. The topological polar surface area (TPSA) is 78.6 Å². The van der Waals surface area contributed by atoms with E-state index in [0.29, 0.717) is 23.1 Å². The molecule has 0 amide bonds. The zero-order valence-electron chi connectivity index (χ0n) is 25.6. The fourth-order valence-electron chi connectivity index (χ4n) is 3.31. The van der Waals surface area contributed by atoms with Crippen molar-refractivity contribution in [1.82, 2.24) is 29.7 Å². The second-order valence-corrected chi connectivity index (χ2v) is 7.56. The molecule has 41 heavy (non-hydrogen) atoms. The van der Waals surface area contributed by atoms with E-state index in [4.69, 9.17) is 4.74 Å². The lowest BCUT2D eigenvalue weighted by atomic mass is 10.1. The maximum absolute atomic E-state index is 13.0. The molecule has 7 nitrogen and oxygen atoms in total. The Balaban J connectivity index is 0.000000835. The quantitative estimate of drug-likeness (QED) is 0.221. The van der Waals surface area contributed by atoms with E-state index >= 15 is 0 Å². The molecule has 0 aliphatic rings. The average molecular weight is 579 g/mol. The molecule has 0 bridgehead atoms. The minimum atomic E-state index is -4.48. The lowest BCUT2D eigenvalue weighted by Gasteiger charge is -2.16. The van der Waals surface area contributed by atoms with Gasteiger partial charge in [-0.25, -0.2) is 14.4 Å². The largest absolute Gasteiger partial charge is 0.495 e. The molecule has 0 spiro atoms. The highest BCUT2D eigenvalue weighted by molar-refractivity contribution is 5.63. The van der Waals surface area contributed by atoms with E-state index in [1.54, 1.807) is 17.6 Å². The molecule has 4 rings (SSSR count). The first-order chi connectivity index (χ1) is 19.7. The standard InChI is InChI=1S/C17H15F3N4O.C7H9FN2.3C2H6/c1-10-5-4-6-14(25-3)15(10)24-11(2)22-23-16(24)12-7-13(9-21-8-12)17(18,19)20;1-2-3-7-9-4-6(8)5-10-7;3*1-2/h4-9H,1-3H3;4-5H,2-3H2,1H3;3*1-2H3. The highest BCUT2D eigenvalue weighted by Crippen LogP contribution is 2.34. The second-order valence-electron chi connectivity index (χ2n) is 7.56. The summed E-state index contributed by atoms with van der Waals surface area (Å²) in [6, 6.07) is 6.50. The summed E-state index contributed by atoms with van der Waals surface area (Å²) in [6.45, 7) is 17.6. The highest BCUT2D eigenvalue weighted by atomic mass is 19.4. The van der Waals surface area contributed by atoms with Crippen molar-refractivity contribution >= 4 is 0 Å². The molecule has 11 heteroatoms. The van der Waals surface area contributed by atoms with Crippen LogP contribution in [0.4, 0.5) is 17.6 Å². The van der Waals surface area contributed by atoms with Crippen LogP contribution in [0.1, 0.15) is 77.7 Å². The van der Waals surface area contributed by atoms with Gasteiger partial charge in [0.2, 0.25) is 0 Å². The van der Waals surface area contributed by atoms with Crippen LogP contribution in [0.3, 0.4) is 0 Å². The van der Waals surface area contributed by atoms with E-state index in [2.05, 4.69) is 25.1 Å². The summed E-state index contributed by atoms with van der Waals surface area (Å²) < 4.78 is 58.3. The van der Waals surface area contributed by atoms with Gasteiger partial charge in [-0.05, 0) is 38.0 Å². The fourth-order valence-corrected chi connectivity index (χ4v) is 3.31. The van der Waals surface area contributed by atoms with Crippen LogP contribution in [0.2, 0.25) is 0 Å². The van der Waals surface area contributed by atoms with Crippen LogP contribution in [0.15, 0.2) is 49.1 Å². The molecule has 0 unspecified atom stereocenters. The van der Waals surface area contributed by atoms with Gasteiger partial charge in [-0.3, -0.25) is 9.55 Å². The number of halogens is 4. The van der Waals surface area contributed by atoms with Crippen molar-refractivity contribution in [2.45, 2.75) is 81.3 Å². The molecule has 0 fully saturated rings. The van der Waals surface area contributed by atoms with Crippen LogP contribution < -0.4 is 4.74 Å². The Labute approximate surface area is 241 Å². The molecular weight excluding hydrogens is 536 g/mol. The molecule has 0 atom stereocenters. The third kappa shape index (κ3) is 10.9. The molecule has 0 saturated carbocycles. The number of rotatable bonds is 5. The maximum atomic E-state index is 13.0. The number of hydrogen-bond donors (Lipinski definition) is 0. The van der Waals surface area contributed by atoms with Gasteiger partial charge >= 0.3 is 6.18 Å². The van der Waals surface area contributed by atoms with Crippen molar-refractivity contribution in [1.29, 1.82) is 0 Å². The molecule has 0 N–H and O–H groups in total. The normalized spacial score (nSPS) is 9.90. The van der Waals surface area contributed by atoms with E-state index < -0.39 is 11.7 Å². The second kappa shape index (κ2) is 19.2. The molecule has 0 aliphatic heterocycles. The predicted molar refractivity (Wildman–Crippen MR) is 156 cm³/mol. The van der Waals surface area contributed by atoms with Gasteiger partial charge in [0.1, 0.15) is 17.4 Å². The van der Waals surface area contributed by atoms with Crippen molar-refractivity contribution in [3.8, 4) is 22.8 Å². The number of hydrogen-bond acceptors (Lipinski definition) is 6. The Kier molecular flexibility index (Phi) is 17.4. The van der Waals surface area contributed by atoms with Crippen LogP contribution in [0, 0.1) is 19.7 Å². The van der Waals surface area contributed by atoms with Crippen LogP contribution >= 0.6 is 0 Å². The summed E-state index contributed by atoms with van der Waals surface area (Å²) in [4.78, 5) is 11.3. The molecule has 0 saturated heterocycles. The van der Waals surface area contributed by atoms with Gasteiger partial charge in [0, 0.05) is 24.4 Å². The number of alkyl halides is 3. The number of pyridine rings is 1. The van der Waals surface area contributed by atoms with Gasteiger partial charge in [-0.2, -0.15) is 13.2 Å². The Hall–Kier alpha value is -3.89. The van der Waals surface area contributed by atoms with E-state index in [-0.39, 0.29) is 17.2 Å². The van der Waals surface area contributed by atoms with E-state index in [0.717, 1.165) is 30.7 Å². The Morgan fingerprint density at radius 3 is 2.02 bits per heavy atom. The lowest BCUT2D eigenvalue weighted by molar-refractivity contribution is -0.137. The molecule has 0 aliphatic carbocycles. The van der Waals surface area contributed by atoms with Crippen molar-refractivity contribution in [2.75, 3.05) is 7.11 Å². The Morgan fingerprint density at radius 1 is 0.878 bits per heavy atom. The van der Waals surface area contributed by atoms with Crippen molar-refractivity contribution in [3.63, 3.8) is 0 Å². The molecule has 0 radical (unpaired) electrons. The Bertz CT molecular complexity index is 1270. The van der Waals surface area contributed by atoms with Gasteiger partial charge in [0.15, 0.2) is 11.6 Å². The molecule has 3 aromatic heterocycles. The van der Waals surface area contributed by atoms with E-state index in [9.17, 15) is 17.6 Å². The smallest absolute Gasteiger partial charge is 0.417 e. The first-order valence-corrected chi connectivity index (χ1v) is 13.7. The first kappa shape index (κ1) is 37.1. The average Bonchev–Trinajstić information content (AvgIpc) is 3.38. The van der Waals surface area contributed by atoms with Crippen LogP contribution in [-0.2, 0) is 12.6 Å². The van der Waals surface area contributed by atoms with E-state index in [1.165, 1.54) is 25.7 Å². The summed E-state index contributed by atoms with van der Waals surface area (Å²) in [5.74, 6) is 1.71. The van der Waals surface area contributed by atoms with Crippen molar-refractivity contribution in [2.24, 2.45) is 0 Å². The van der Waals surface area contributed by atoms with Crippen LogP contribution in [0.25, 0.3) is 17.1 Å². The van der Waals surface area contributed by atoms with Gasteiger partial charge in [-0.15, -0.1) is 10.2 Å². The highest BCUT2D eigenvalue weighted by Gasteiger charge is 2.31. The number of methoxy groups -OCH3 is 1. The lowest BCUT2D eigenvalue weighted by Crippen LogP contribution is -2.08. The zero-order valence-corrected chi connectivity index (χ0v) is 25.6. The molecule has 3 heterocycles. The summed E-state index contributed by atoms with van der Waals surface area (Å²) in [6.07, 6.45) is 1.83. The number of para-hydroxylation sites is 1. The van der Waals surface area contributed by atoms with Crippen LogP contribution in [-0.4, -0.2) is 36.8 Å². The van der Waals surface area contributed by atoms with Gasteiger partial charge in [-0.1, -0.05) is 60.6 Å². The summed E-state index contributed by atoms with van der Waals surface area (Å²) in [5.41, 5.74) is 0.943. The number of aromatic nitrogens is 6. The summed E-state index contributed by atoms with van der Waals surface area (Å²) in [7, 11) is 1.53. The minimum absolute atomic E-state index is 0.223.